The lowest BCUT2D eigenvalue weighted by Gasteiger charge is -2.07. The molecule has 0 spiro atoms. The highest BCUT2D eigenvalue weighted by Crippen LogP contribution is 2.08. The Morgan fingerprint density at radius 1 is 1.78 bits per heavy atom. The molecule has 0 fully saturated rings. The van der Waals surface area contributed by atoms with Crippen molar-refractivity contribution in [3.63, 3.8) is 0 Å². The van der Waals surface area contributed by atoms with Gasteiger partial charge in [0.25, 0.3) is 0 Å². The van der Waals surface area contributed by atoms with Crippen LogP contribution in [-0.4, -0.2) is 23.9 Å². The molecular weight excluding hydrogens is 136 g/mol. The summed E-state index contributed by atoms with van der Waals surface area (Å²) in [6.07, 6.45) is 1.78. The van der Waals surface area contributed by atoms with Crippen LogP contribution in [0.2, 0.25) is 0 Å². The van der Waals surface area contributed by atoms with Gasteiger partial charge in [-0.3, -0.25) is 9.79 Å². The third kappa shape index (κ3) is 2.05. The lowest BCUT2D eigenvalue weighted by Crippen LogP contribution is -2.21. The fourth-order valence-corrected chi connectivity index (χ4v) is 1.38. The second kappa shape index (κ2) is 3.50. The fourth-order valence-electron chi connectivity index (χ4n) is 0.597. The van der Waals surface area contributed by atoms with Gasteiger partial charge in [0, 0.05) is 12.3 Å². The molecule has 0 unspecified atom stereocenters. The lowest BCUT2D eigenvalue weighted by molar-refractivity contribution is -0.108. The molecule has 1 aliphatic heterocycles. The van der Waals surface area contributed by atoms with Gasteiger partial charge >= 0.3 is 0 Å². The predicted molar refractivity (Wildman–Crippen MR) is 38.6 cm³/mol. The van der Waals surface area contributed by atoms with Crippen molar-refractivity contribution in [2.24, 2.45) is 4.99 Å². The van der Waals surface area contributed by atoms with E-state index in [0.29, 0.717) is 6.41 Å². The zero-order valence-corrected chi connectivity index (χ0v) is 5.78. The Morgan fingerprint density at radius 2 is 2.67 bits per heavy atom. The maximum atomic E-state index is 9.87. The summed E-state index contributed by atoms with van der Waals surface area (Å²) < 4.78 is 0. The number of aliphatic imine (C=N–C) groups is 1. The summed E-state index contributed by atoms with van der Waals surface area (Å²) in [6, 6.07) is 0. The van der Waals surface area contributed by atoms with Gasteiger partial charge in [0.05, 0.1) is 0 Å². The third-order valence-corrected chi connectivity index (χ3v) is 1.99. The highest BCUT2D eigenvalue weighted by atomic mass is 32.2. The van der Waals surface area contributed by atoms with Crippen LogP contribution in [0, 0.1) is 0 Å². The molecule has 0 bridgehead atoms. The smallest absolute Gasteiger partial charge is 0.213 e. The molecule has 3 nitrogen and oxygen atoms in total. The number of hydrogen-bond acceptors (Lipinski definition) is 3. The van der Waals surface area contributed by atoms with E-state index in [4.69, 9.17) is 0 Å². The molecule has 9 heavy (non-hydrogen) atoms. The van der Waals surface area contributed by atoms with Crippen molar-refractivity contribution >= 4 is 23.3 Å². The molecule has 1 amide bonds. The molecule has 0 atom stereocenters. The summed E-state index contributed by atoms with van der Waals surface area (Å²) in [5, 5.41) is 3.28. The summed E-state index contributed by atoms with van der Waals surface area (Å²) in [6.45, 7) is 0.850. The normalized spacial score (nSPS) is 18.4. The number of amidine groups is 1. The number of hydrogen-bond donors (Lipinski definition) is 1. The molecule has 50 valence electrons. The molecule has 0 aliphatic carbocycles. The van der Waals surface area contributed by atoms with E-state index in [1.165, 1.54) is 0 Å². The first-order valence-corrected chi connectivity index (χ1v) is 3.79. The number of carbonyl (C=O) groups is 1. The molecule has 4 heteroatoms. The lowest BCUT2D eigenvalue weighted by atomic mass is 10.5. The minimum absolute atomic E-state index is 0.664. The first-order chi connectivity index (χ1) is 4.43. The van der Waals surface area contributed by atoms with E-state index in [1.807, 2.05) is 0 Å². The van der Waals surface area contributed by atoms with E-state index in [0.717, 1.165) is 23.9 Å². The highest BCUT2D eigenvalue weighted by molar-refractivity contribution is 8.13. The van der Waals surface area contributed by atoms with Crippen LogP contribution in [0.4, 0.5) is 0 Å². The van der Waals surface area contributed by atoms with Crippen LogP contribution in [0.25, 0.3) is 0 Å². The van der Waals surface area contributed by atoms with Crippen molar-refractivity contribution < 1.29 is 4.79 Å². The van der Waals surface area contributed by atoms with Crippen LogP contribution in [0.5, 0.6) is 0 Å². The van der Waals surface area contributed by atoms with Gasteiger partial charge in [-0.2, -0.15) is 0 Å². The van der Waals surface area contributed by atoms with E-state index in [2.05, 4.69) is 10.3 Å². The summed E-state index contributed by atoms with van der Waals surface area (Å²) in [7, 11) is 0. The number of carbonyl (C=O) groups excluding carboxylic acids is 1. The van der Waals surface area contributed by atoms with Gasteiger partial charge in [-0.05, 0) is 6.42 Å². The van der Waals surface area contributed by atoms with E-state index in [-0.39, 0.29) is 0 Å². The summed E-state index contributed by atoms with van der Waals surface area (Å²) in [5.74, 6) is 1.07. The van der Waals surface area contributed by atoms with Crippen LogP contribution < -0.4 is 5.32 Å². The summed E-state index contributed by atoms with van der Waals surface area (Å²) in [4.78, 5) is 13.9. The maximum absolute atomic E-state index is 9.87. The number of nitrogens with one attached hydrogen (secondary N) is 1. The largest absolute Gasteiger partial charge is 0.308 e. The first kappa shape index (κ1) is 6.61. The van der Waals surface area contributed by atoms with E-state index in [9.17, 15) is 4.79 Å². The van der Waals surface area contributed by atoms with Crippen LogP contribution >= 0.6 is 11.8 Å². The molecule has 1 N–H and O–H groups in total. The van der Waals surface area contributed by atoms with Gasteiger partial charge in [0.15, 0.2) is 5.17 Å². The minimum atomic E-state index is 0.664. The zero-order chi connectivity index (χ0) is 6.53. The highest BCUT2D eigenvalue weighted by Gasteiger charge is 2.02. The van der Waals surface area contributed by atoms with Gasteiger partial charge in [0.2, 0.25) is 6.41 Å². The molecule has 0 saturated carbocycles. The SMILES string of the molecule is O=CNC1=NCCCS1. The monoisotopic (exact) mass is 144 g/mol. The Labute approximate surface area is 57.9 Å². The van der Waals surface area contributed by atoms with Crippen LogP contribution in [0.3, 0.4) is 0 Å². The predicted octanol–water partition coefficient (Wildman–Crippen LogP) is 0.225. The van der Waals surface area contributed by atoms with Gasteiger partial charge < -0.3 is 5.32 Å². The number of rotatable bonds is 1. The van der Waals surface area contributed by atoms with Gasteiger partial charge in [-0.1, -0.05) is 11.8 Å². The second-order valence-corrected chi connectivity index (χ2v) is 2.73. The van der Waals surface area contributed by atoms with E-state index in [1.54, 1.807) is 11.8 Å². The standard InChI is InChI=1S/C5H8N2OS/c8-4-7-5-6-2-1-3-9-5/h4H,1-3H2,(H,6,7,8). The van der Waals surface area contributed by atoms with Crippen molar-refractivity contribution in [2.45, 2.75) is 6.42 Å². The Hall–Kier alpha value is -0.510. The molecule has 0 aromatic carbocycles. The molecule has 0 saturated heterocycles. The Morgan fingerprint density at radius 3 is 3.22 bits per heavy atom. The summed E-state index contributed by atoms with van der Waals surface area (Å²) >= 11 is 1.60. The molecule has 0 aromatic heterocycles. The van der Waals surface area contributed by atoms with Crippen molar-refractivity contribution in [2.75, 3.05) is 12.3 Å². The Kier molecular flexibility index (Phi) is 2.57. The quantitative estimate of drug-likeness (QED) is 0.535. The molecule has 1 aliphatic rings. The third-order valence-electron chi connectivity index (χ3n) is 0.979. The van der Waals surface area contributed by atoms with Crippen LogP contribution in [-0.2, 0) is 4.79 Å². The Bertz CT molecular complexity index is 135. The number of nitrogens with zero attached hydrogens (tertiary/aromatic N) is 1. The van der Waals surface area contributed by atoms with Crippen LogP contribution in [0.15, 0.2) is 4.99 Å². The maximum Gasteiger partial charge on any atom is 0.213 e. The molecule has 1 heterocycles. The fraction of sp³-hybridized carbons (Fsp3) is 0.600. The first-order valence-electron chi connectivity index (χ1n) is 2.81. The number of amides is 1. The molecule has 0 radical (unpaired) electrons. The number of thioether (sulfide) groups is 1. The molecule has 0 aromatic rings. The second-order valence-electron chi connectivity index (χ2n) is 1.65. The molecule has 1 rings (SSSR count). The van der Waals surface area contributed by atoms with E-state index >= 15 is 0 Å². The zero-order valence-electron chi connectivity index (χ0n) is 4.96. The Balaban J connectivity index is 2.36. The van der Waals surface area contributed by atoms with Crippen LogP contribution in [0.1, 0.15) is 6.42 Å². The van der Waals surface area contributed by atoms with Crippen molar-refractivity contribution in [3.05, 3.63) is 0 Å². The van der Waals surface area contributed by atoms with Gasteiger partial charge in [0.1, 0.15) is 0 Å². The summed E-state index contributed by atoms with van der Waals surface area (Å²) in [5.41, 5.74) is 0. The van der Waals surface area contributed by atoms with Crippen molar-refractivity contribution in [3.8, 4) is 0 Å². The van der Waals surface area contributed by atoms with Gasteiger partial charge in [-0.25, -0.2) is 0 Å². The minimum Gasteiger partial charge on any atom is -0.308 e. The van der Waals surface area contributed by atoms with Crippen molar-refractivity contribution in [1.29, 1.82) is 0 Å². The molecular formula is C5H8N2OS. The van der Waals surface area contributed by atoms with Crippen molar-refractivity contribution in [1.82, 2.24) is 5.32 Å². The van der Waals surface area contributed by atoms with E-state index < -0.39 is 0 Å². The average molecular weight is 144 g/mol. The average Bonchev–Trinajstić information content (AvgIpc) is 1.91. The van der Waals surface area contributed by atoms with Gasteiger partial charge in [-0.15, -0.1) is 0 Å². The topological polar surface area (TPSA) is 41.5 Å².